The van der Waals surface area contributed by atoms with Crippen LogP contribution in [0.25, 0.3) is 0 Å². The van der Waals surface area contributed by atoms with Crippen molar-refractivity contribution in [3.8, 4) is 0 Å². The van der Waals surface area contributed by atoms with Crippen LogP contribution in [0.4, 0.5) is 0 Å². The standard InChI is InChI=1S/C16H26N2/c1-17(2)11-5-6-15-7-9-16(10-8-15)14-18-12-3-4-13-18/h7-10H,3-6,11-14H2,1-2H3. The highest BCUT2D eigenvalue weighted by molar-refractivity contribution is 5.22. The molecule has 1 saturated heterocycles. The predicted octanol–water partition coefficient (Wildman–Crippen LogP) is 2.78. The molecule has 1 aromatic rings. The van der Waals surface area contributed by atoms with Crippen molar-refractivity contribution in [2.24, 2.45) is 0 Å². The lowest BCUT2D eigenvalue weighted by molar-refractivity contribution is 0.331. The second-order valence-corrected chi connectivity index (χ2v) is 5.71. The number of rotatable bonds is 6. The molecule has 1 aromatic carbocycles. The quantitative estimate of drug-likeness (QED) is 0.761. The van der Waals surface area contributed by atoms with Gasteiger partial charge in [0.25, 0.3) is 0 Å². The average Bonchev–Trinajstić information content (AvgIpc) is 2.84. The van der Waals surface area contributed by atoms with Crippen LogP contribution in [0.1, 0.15) is 30.4 Å². The van der Waals surface area contributed by atoms with Gasteiger partial charge in [-0.1, -0.05) is 24.3 Å². The fourth-order valence-electron chi connectivity index (χ4n) is 2.61. The van der Waals surface area contributed by atoms with Crippen molar-refractivity contribution in [1.82, 2.24) is 9.80 Å². The minimum absolute atomic E-state index is 1.14. The van der Waals surface area contributed by atoms with Crippen molar-refractivity contribution >= 4 is 0 Å². The summed E-state index contributed by atoms with van der Waals surface area (Å²) in [5.74, 6) is 0. The first-order chi connectivity index (χ1) is 8.74. The summed E-state index contributed by atoms with van der Waals surface area (Å²) in [7, 11) is 4.28. The number of benzene rings is 1. The first-order valence-corrected chi connectivity index (χ1v) is 7.19. The summed E-state index contributed by atoms with van der Waals surface area (Å²) in [5, 5.41) is 0. The molecule has 1 aliphatic rings. The summed E-state index contributed by atoms with van der Waals surface area (Å²) < 4.78 is 0. The molecule has 0 radical (unpaired) electrons. The number of nitrogens with zero attached hydrogens (tertiary/aromatic N) is 2. The van der Waals surface area contributed by atoms with Crippen LogP contribution in [0.5, 0.6) is 0 Å². The molecule has 2 heteroatoms. The van der Waals surface area contributed by atoms with Gasteiger partial charge in [-0.05, 0) is 70.5 Å². The van der Waals surface area contributed by atoms with Gasteiger partial charge in [0.2, 0.25) is 0 Å². The van der Waals surface area contributed by atoms with E-state index in [0.29, 0.717) is 0 Å². The van der Waals surface area contributed by atoms with Crippen molar-refractivity contribution in [1.29, 1.82) is 0 Å². The lowest BCUT2D eigenvalue weighted by Crippen LogP contribution is -2.18. The van der Waals surface area contributed by atoms with Crippen LogP contribution in [0, 0.1) is 0 Å². The molecule has 2 nitrogen and oxygen atoms in total. The Morgan fingerprint density at radius 1 is 1.00 bits per heavy atom. The van der Waals surface area contributed by atoms with E-state index in [-0.39, 0.29) is 0 Å². The minimum atomic E-state index is 1.14. The Bertz CT molecular complexity index is 337. The molecule has 0 atom stereocenters. The van der Waals surface area contributed by atoms with Gasteiger partial charge in [-0.3, -0.25) is 4.90 Å². The molecule has 18 heavy (non-hydrogen) atoms. The van der Waals surface area contributed by atoms with Gasteiger partial charge in [0.15, 0.2) is 0 Å². The smallest absolute Gasteiger partial charge is 0.0233 e. The molecule has 1 fully saturated rings. The van der Waals surface area contributed by atoms with E-state index in [0.717, 1.165) is 6.54 Å². The maximum Gasteiger partial charge on any atom is 0.0233 e. The van der Waals surface area contributed by atoms with Gasteiger partial charge in [-0.15, -0.1) is 0 Å². The topological polar surface area (TPSA) is 6.48 Å². The van der Waals surface area contributed by atoms with Gasteiger partial charge in [-0.2, -0.15) is 0 Å². The first kappa shape index (κ1) is 13.6. The third-order valence-electron chi connectivity index (χ3n) is 3.70. The predicted molar refractivity (Wildman–Crippen MR) is 77.8 cm³/mol. The fourth-order valence-corrected chi connectivity index (χ4v) is 2.61. The Morgan fingerprint density at radius 2 is 1.61 bits per heavy atom. The Balaban J connectivity index is 1.77. The number of hydrogen-bond acceptors (Lipinski definition) is 2. The lowest BCUT2D eigenvalue weighted by atomic mass is 10.1. The highest BCUT2D eigenvalue weighted by Gasteiger charge is 2.11. The van der Waals surface area contributed by atoms with E-state index in [1.54, 1.807) is 0 Å². The summed E-state index contributed by atoms with van der Waals surface area (Å²) in [6, 6.07) is 9.23. The maximum absolute atomic E-state index is 2.56. The molecule has 0 spiro atoms. The molecular weight excluding hydrogens is 220 g/mol. The largest absolute Gasteiger partial charge is 0.309 e. The molecule has 2 rings (SSSR count). The van der Waals surface area contributed by atoms with Gasteiger partial charge in [0.05, 0.1) is 0 Å². The van der Waals surface area contributed by atoms with Crippen LogP contribution in [0.2, 0.25) is 0 Å². The number of aryl methyl sites for hydroxylation is 1. The molecule has 0 unspecified atom stereocenters. The van der Waals surface area contributed by atoms with Crippen molar-refractivity contribution in [3.63, 3.8) is 0 Å². The minimum Gasteiger partial charge on any atom is -0.309 e. The molecule has 0 N–H and O–H groups in total. The second kappa shape index (κ2) is 6.91. The number of hydrogen-bond donors (Lipinski definition) is 0. The second-order valence-electron chi connectivity index (χ2n) is 5.71. The van der Waals surface area contributed by atoms with E-state index in [9.17, 15) is 0 Å². The summed E-state index contributed by atoms with van der Waals surface area (Å²) in [4.78, 5) is 4.81. The maximum atomic E-state index is 2.56. The molecular formula is C16H26N2. The Kier molecular flexibility index (Phi) is 5.21. The summed E-state index contributed by atoms with van der Waals surface area (Å²) in [5.41, 5.74) is 2.94. The van der Waals surface area contributed by atoms with Crippen molar-refractivity contribution in [3.05, 3.63) is 35.4 Å². The van der Waals surface area contributed by atoms with Gasteiger partial charge >= 0.3 is 0 Å². The molecule has 100 valence electrons. The van der Waals surface area contributed by atoms with Crippen LogP contribution in [-0.2, 0) is 13.0 Å². The molecule has 0 aliphatic carbocycles. The molecule has 1 heterocycles. The third-order valence-corrected chi connectivity index (χ3v) is 3.70. The van der Waals surface area contributed by atoms with Crippen LogP contribution < -0.4 is 0 Å². The van der Waals surface area contributed by atoms with Crippen molar-refractivity contribution in [2.75, 3.05) is 33.7 Å². The number of likely N-dealkylation sites (tertiary alicyclic amines) is 1. The molecule has 0 bridgehead atoms. The molecule has 0 amide bonds. The summed E-state index contributed by atoms with van der Waals surface area (Å²) in [6.45, 7) is 4.88. The van der Waals surface area contributed by atoms with Crippen molar-refractivity contribution < 1.29 is 0 Å². The highest BCUT2D eigenvalue weighted by Crippen LogP contribution is 2.13. The van der Waals surface area contributed by atoms with Gasteiger partial charge in [0.1, 0.15) is 0 Å². The molecule has 0 saturated carbocycles. The van der Waals surface area contributed by atoms with Crippen LogP contribution in [0.3, 0.4) is 0 Å². The van der Waals surface area contributed by atoms with Gasteiger partial charge < -0.3 is 4.90 Å². The van der Waals surface area contributed by atoms with E-state index in [4.69, 9.17) is 0 Å². The van der Waals surface area contributed by atoms with E-state index in [2.05, 4.69) is 48.2 Å². The monoisotopic (exact) mass is 246 g/mol. The van der Waals surface area contributed by atoms with E-state index < -0.39 is 0 Å². The Labute approximate surface area is 112 Å². The van der Waals surface area contributed by atoms with Gasteiger partial charge in [-0.25, -0.2) is 0 Å². The van der Waals surface area contributed by atoms with E-state index in [1.165, 1.54) is 56.4 Å². The Morgan fingerprint density at radius 3 is 2.22 bits per heavy atom. The highest BCUT2D eigenvalue weighted by atomic mass is 15.1. The first-order valence-electron chi connectivity index (χ1n) is 7.19. The summed E-state index contributed by atoms with van der Waals surface area (Å²) in [6.07, 6.45) is 5.20. The van der Waals surface area contributed by atoms with Crippen LogP contribution >= 0.6 is 0 Å². The SMILES string of the molecule is CN(C)CCCc1ccc(CN2CCCC2)cc1. The van der Waals surface area contributed by atoms with Crippen LogP contribution in [0.15, 0.2) is 24.3 Å². The summed E-state index contributed by atoms with van der Waals surface area (Å²) >= 11 is 0. The molecule has 0 aromatic heterocycles. The molecule has 1 aliphatic heterocycles. The normalized spacial score (nSPS) is 16.6. The average molecular weight is 246 g/mol. The zero-order valence-electron chi connectivity index (χ0n) is 11.9. The zero-order valence-corrected chi connectivity index (χ0v) is 11.9. The van der Waals surface area contributed by atoms with E-state index in [1.807, 2.05) is 0 Å². The van der Waals surface area contributed by atoms with Gasteiger partial charge in [0, 0.05) is 6.54 Å². The van der Waals surface area contributed by atoms with Crippen LogP contribution in [-0.4, -0.2) is 43.5 Å². The van der Waals surface area contributed by atoms with Crippen molar-refractivity contribution in [2.45, 2.75) is 32.2 Å². The zero-order chi connectivity index (χ0) is 12.8. The third kappa shape index (κ3) is 4.43. The lowest BCUT2D eigenvalue weighted by Gasteiger charge is -2.14. The van der Waals surface area contributed by atoms with E-state index >= 15 is 0 Å². The fraction of sp³-hybridized carbons (Fsp3) is 0.625. The Hall–Kier alpha value is -0.860.